The van der Waals surface area contributed by atoms with Gasteiger partial charge in [0.1, 0.15) is 5.25 Å². The van der Waals surface area contributed by atoms with E-state index in [1.54, 1.807) is 0 Å². The van der Waals surface area contributed by atoms with E-state index >= 15 is 0 Å². The van der Waals surface area contributed by atoms with Crippen LogP contribution in [0.1, 0.15) is 57.8 Å². The van der Waals surface area contributed by atoms with Crippen molar-refractivity contribution in [2.75, 3.05) is 6.26 Å². The van der Waals surface area contributed by atoms with E-state index in [-0.39, 0.29) is 14.1 Å². The Morgan fingerprint density at radius 1 is 0.889 bits per heavy atom. The lowest BCUT2D eigenvalue weighted by Crippen LogP contribution is -2.39. The molecule has 0 saturated heterocycles. The van der Waals surface area contributed by atoms with Crippen LogP contribution < -0.4 is 0 Å². The van der Waals surface area contributed by atoms with Crippen LogP contribution >= 0.6 is 0 Å². The van der Waals surface area contributed by atoms with Crippen molar-refractivity contribution in [3.8, 4) is 0 Å². The number of hydrogen-bond donors (Lipinski definition) is 0. The van der Waals surface area contributed by atoms with Crippen molar-refractivity contribution in [3.63, 3.8) is 0 Å². The van der Waals surface area contributed by atoms with Crippen molar-refractivity contribution < 1.29 is 18.9 Å². The molecular formula is C13H26F3OS+. The minimum absolute atomic E-state index is 0. The van der Waals surface area contributed by atoms with Gasteiger partial charge in [-0.15, -0.1) is 0 Å². The van der Waals surface area contributed by atoms with Gasteiger partial charge in [0.25, 0.3) is 0 Å². The summed E-state index contributed by atoms with van der Waals surface area (Å²) in [7, 11) is 0.377. The van der Waals surface area contributed by atoms with E-state index in [0.29, 0.717) is 21.9 Å². The fraction of sp³-hybridized carbons (Fsp3) is 0.923. The Hall–Kier alpha value is -0.190. The predicted molar refractivity (Wildman–Crippen MR) is 74.9 cm³/mol. The summed E-state index contributed by atoms with van der Waals surface area (Å²) in [4.78, 5) is 11.9. The average Bonchev–Trinajstić information content (AvgIpc) is 2.30. The molecule has 0 N–H and O–H groups in total. The number of Topliss-reactive ketones (excluding diaryl/α,β-unsaturated/α-hetero) is 1. The predicted octanol–water partition coefficient (Wildman–Crippen LogP) is 3.54. The van der Waals surface area contributed by atoms with Crippen LogP contribution in [-0.2, 0) is 15.7 Å². The van der Waals surface area contributed by atoms with Gasteiger partial charge in [-0.3, -0.25) is 18.9 Å². The van der Waals surface area contributed by atoms with Gasteiger partial charge in [-0.1, -0.05) is 6.42 Å². The van der Waals surface area contributed by atoms with Gasteiger partial charge in [0.2, 0.25) is 0 Å². The number of halogens is 3. The van der Waals surface area contributed by atoms with E-state index in [2.05, 4.69) is 6.26 Å². The number of rotatable bonds is 2. The first-order valence-corrected chi connectivity index (χ1v) is 8.21. The van der Waals surface area contributed by atoms with E-state index in [1.807, 2.05) is 0 Å². The summed E-state index contributed by atoms with van der Waals surface area (Å²) in [5, 5.41) is 1.33. The lowest BCUT2D eigenvalue weighted by Gasteiger charge is -2.27. The first-order valence-electron chi connectivity index (χ1n) is 6.45. The van der Waals surface area contributed by atoms with Crippen LogP contribution in [0.25, 0.3) is 0 Å². The molecular weight excluding hydrogens is 261 g/mol. The van der Waals surface area contributed by atoms with Crippen LogP contribution in [0.4, 0.5) is 14.1 Å². The molecule has 0 aromatic carbocycles. The molecule has 2 saturated carbocycles. The van der Waals surface area contributed by atoms with Gasteiger partial charge in [-0.2, -0.15) is 0 Å². The smallest absolute Gasteiger partial charge is 0.184 e. The highest BCUT2D eigenvalue weighted by Gasteiger charge is 2.40. The summed E-state index contributed by atoms with van der Waals surface area (Å²) in [6.07, 6.45) is 13.9. The van der Waals surface area contributed by atoms with Crippen LogP contribution in [-0.4, -0.2) is 22.5 Å². The fourth-order valence-electron chi connectivity index (χ4n) is 3.01. The first-order chi connectivity index (χ1) is 7.29. The van der Waals surface area contributed by atoms with Crippen LogP contribution in [0, 0.1) is 0 Å². The fourth-order valence-corrected chi connectivity index (χ4v) is 5.63. The summed E-state index contributed by atoms with van der Waals surface area (Å²) in [6.45, 7) is 0. The molecule has 2 atom stereocenters. The second-order valence-electron chi connectivity index (χ2n) is 5.07. The van der Waals surface area contributed by atoms with Crippen molar-refractivity contribution in [2.24, 2.45) is 0 Å². The highest BCUT2D eigenvalue weighted by Crippen LogP contribution is 2.31. The Kier molecular flexibility index (Phi) is 10.9. The van der Waals surface area contributed by atoms with Gasteiger partial charge in [-0.25, -0.2) is 0 Å². The maximum absolute atomic E-state index is 11.9. The number of carbonyl (C=O) groups is 1. The van der Waals surface area contributed by atoms with Gasteiger partial charge in [0.15, 0.2) is 11.0 Å². The van der Waals surface area contributed by atoms with Crippen molar-refractivity contribution in [1.29, 1.82) is 0 Å². The molecule has 2 rings (SSSR count). The third-order valence-corrected chi connectivity index (χ3v) is 6.94. The number of hydrogen-bond acceptors (Lipinski definition) is 1. The van der Waals surface area contributed by atoms with Gasteiger partial charge >= 0.3 is 0 Å². The molecule has 110 valence electrons. The molecule has 1 nitrogen and oxygen atoms in total. The van der Waals surface area contributed by atoms with Crippen molar-refractivity contribution in [3.05, 3.63) is 0 Å². The van der Waals surface area contributed by atoms with E-state index < -0.39 is 0 Å². The van der Waals surface area contributed by atoms with E-state index in [4.69, 9.17) is 0 Å². The molecule has 2 aliphatic carbocycles. The zero-order valence-electron chi connectivity index (χ0n) is 11.1. The molecule has 0 bridgehead atoms. The van der Waals surface area contributed by atoms with Crippen LogP contribution in [0.5, 0.6) is 0 Å². The number of carbonyl (C=O) groups excluding carboxylic acids is 1. The van der Waals surface area contributed by atoms with Gasteiger partial charge in [0, 0.05) is 12.8 Å². The lowest BCUT2D eigenvalue weighted by molar-refractivity contribution is -0.119. The van der Waals surface area contributed by atoms with Gasteiger partial charge in [-0.05, 0) is 49.4 Å². The SMILES string of the molecule is C[S+](C1CCCCC1)C1CCCCC1=O.F.F.F. The highest BCUT2D eigenvalue weighted by atomic mass is 32.2. The third-order valence-electron chi connectivity index (χ3n) is 4.03. The summed E-state index contributed by atoms with van der Waals surface area (Å²) in [5.41, 5.74) is 0. The zero-order valence-corrected chi connectivity index (χ0v) is 11.9. The Morgan fingerprint density at radius 3 is 2.00 bits per heavy atom. The third kappa shape index (κ3) is 4.82. The van der Waals surface area contributed by atoms with Crippen LogP contribution in [0.15, 0.2) is 0 Å². The van der Waals surface area contributed by atoms with E-state index in [9.17, 15) is 4.79 Å². The largest absolute Gasteiger partial charge is 0.294 e. The molecule has 0 aromatic heterocycles. The molecule has 2 unspecified atom stereocenters. The molecule has 0 amide bonds. The van der Waals surface area contributed by atoms with E-state index in [1.165, 1.54) is 44.9 Å². The highest BCUT2D eigenvalue weighted by molar-refractivity contribution is 7.98. The van der Waals surface area contributed by atoms with E-state index in [0.717, 1.165) is 18.1 Å². The second-order valence-corrected chi connectivity index (χ2v) is 7.52. The first kappa shape index (κ1) is 20.1. The molecule has 5 heteroatoms. The quantitative estimate of drug-likeness (QED) is 0.710. The molecule has 0 radical (unpaired) electrons. The monoisotopic (exact) mass is 287 g/mol. The second kappa shape index (κ2) is 9.70. The Balaban J connectivity index is 0. The molecule has 0 spiro atoms. The zero-order chi connectivity index (χ0) is 10.7. The number of ketones is 1. The van der Waals surface area contributed by atoms with Gasteiger partial charge in [0.05, 0.1) is 6.26 Å². The van der Waals surface area contributed by atoms with Crippen molar-refractivity contribution in [1.82, 2.24) is 0 Å². The molecule has 0 aromatic rings. The summed E-state index contributed by atoms with van der Waals surface area (Å²) in [5.74, 6) is 0.581. The molecule has 2 aliphatic rings. The summed E-state index contributed by atoms with van der Waals surface area (Å²) >= 11 is 0. The summed E-state index contributed by atoms with van der Waals surface area (Å²) < 4.78 is 0. The molecule has 0 aliphatic heterocycles. The van der Waals surface area contributed by atoms with Crippen molar-refractivity contribution in [2.45, 2.75) is 68.3 Å². The maximum Gasteiger partial charge on any atom is 0.184 e. The summed E-state index contributed by atoms with van der Waals surface area (Å²) in [6, 6.07) is 0. The van der Waals surface area contributed by atoms with Crippen LogP contribution in [0.3, 0.4) is 0 Å². The topological polar surface area (TPSA) is 17.1 Å². The minimum atomic E-state index is 0. The molecule has 0 heterocycles. The standard InChI is InChI=1S/C13H23OS.3FH/c1-15(11-7-3-2-4-8-11)13-10-6-5-9-12(13)14;;;/h11,13H,2-10H2,1H3;3*1H/q+1;;;. The normalized spacial score (nSPS) is 26.3. The Morgan fingerprint density at radius 2 is 1.44 bits per heavy atom. The van der Waals surface area contributed by atoms with Crippen LogP contribution in [0.2, 0.25) is 0 Å². The lowest BCUT2D eigenvalue weighted by atomic mass is 9.99. The molecule has 18 heavy (non-hydrogen) atoms. The minimum Gasteiger partial charge on any atom is -0.294 e. The van der Waals surface area contributed by atoms with Gasteiger partial charge < -0.3 is 0 Å². The average molecular weight is 287 g/mol. The Labute approximate surface area is 111 Å². The van der Waals surface area contributed by atoms with Crippen molar-refractivity contribution >= 4 is 16.7 Å². The Bertz CT molecular complexity index is 232. The maximum atomic E-state index is 11.9. The molecule has 2 fully saturated rings.